The van der Waals surface area contributed by atoms with Crippen LogP contribution in [-0.2, 0) is 4.79 Å². The van der Waals surface area contributed by atoms with E-state index in [1.54, 1.807) is 30.3 Å². The third-order valence-corrected chi connectivity index (χ3v) is 4.60. The minimum absolute atomic E-state index is 0.00805. The molecule has 0 saturated heterocycles. The van der Waals surface area contributed by atoms with Gasteiger partial charge < -0.3 is 30.2 Å². The zero-order valence-electron chi connectivity index (χ0n) is 18.3. The third-order valence-electron chi connectivity index (χ3n) is 4.29. The quantitative estimate of drug-likeness (QED) is 0.510. The van der Waals surface area contributed by atoms with Gasteiger partial charge in [0.15, 0.2) is 11.5 Å². The number of hydrogen-bond acceptors (Lipinski definition) is 6. The summed E-state index contributed by atoms with van der Waals surface area (Å²) in [5.41, 5.74) is 1.50. The Morgan fingerprint density at radius 3 is 2.13 bits per heavy atom. The van der Waals surface area contributed by atoms with Crippen LogP contribution in [0.1, 0.15) is 24.2 Å². The first-order valence-corrected chi connectivity index (χ1v) is 10.1. The van der Waals surface area contributed by atoms with Gasteiger partial charge in [-0.25, -0.2) is 0 Å². The number of hydrogen-bond donors (Lipinski definition) is 3. The van der Waals surface area contributed by atoms with Gasteiger partial charge in [0, 0.05) is 30.1 Å². The number of carbonyl (C=O) groups excluding carboxylic acids is 2. The van der Waals surface area contributed by atoms with E-state index in [4.69, 9.17) is 25.8 Å². The average molecular weight is 450 g/mol. The lowest BCUT2D eigenvalue weighted by molar-refractivity contribution is -0.114. The number of benzene rings is 2. The molecule has 0 aliphatic heterocycles. The normalized spacial score (nSPS) is 10.4. The molecule has 0 bridgehead atoms. The Bertz CT molecular complexity index is 908. The Labute approximate surface area is 187 Å². The van der Waals surface area contributed by atoms with Crippen molar-refractivity contribution < 1.29 is 23.8 Å². The van der Waals surface area contributed by atoms with Gasteiger partial charge in [-0.2, -0.15) is 0 Å². The molecule has 2 amide bonds. The second-order valence-corrected chi connectivity index (χ2v) is 7.52. The highest BCUT2D eigenvalue weighted by molar-refractivity contribution is 6.34. The molecule has 0 spiro atoms. The van der Waals surface area contributed by atoms with Crippen LogP contribution >= 0.6 is 11.6 Å². The fourth-order valence-electron chi connectivity index (χ4n) is 2.74. The molecule has 0 aromatic heterocycles. The van der Waals surface area contributed by atoms with Gasteiger partial charge in [0.2, 0.25) is 11.7 Å². The van der Waals surface area contributed by atoms with E-state index in [0.29, 0.717) is 51.7 Å². The van der Waals surface area contributed by atoms with Gasteiger partial charge >= 0.3 is 0 Å². The van der Waals surface area contributed by atoms with Crippen LogP contribution in [0.15, 0.2) is 30.3 Å². The molecule has 0 heterocycles. The maximum Gasteiger partial charge on any atom is 0.252 e. The van der Waals surface area contributed by atoms with E-state index in [2.05, 4.69) is 16.0 Å². The Morgan fingerprint density at radius 1 is 0.968 bits per heavy atom. The second-order valence-electron chi connectivity index (χ2n) is 7.11. The Morgan fingerprint density at radius 2 is 1.61 bits per heavy atom. The maximum absolute atomic E-state index is 12.4. The van der Waals surface area contributed by atoms with Crippen LogP contribution in [-0.4, -0.2) is 46.2 Å². The number of halogens is 1. The standard InChI is InChI=1S/C22H28ClN3O5/c1-13(2)11-25-22(28)16-7-6-14(8-17(16)23)24-12-20(27)26-15-9-18(29-3)21(31-5)19(10-15)30-4/h6-10,13,24H,11-12H2,1-5H3,(H,25,28)(H,26,27). The summed E-state index contributed by atoms with van der Waals surface area (Å²) >= 11 is 6.24. The summed E-state index contributed by atoms with van der Waals surface area (Å²) in [5, 5.41) is 8.88. The third kappa shape index (κ3) is 6.68. The van der Waals surface area contributed by atoms with Crippen molar-refractivity contribution >= 4 is 34.8 Å². The first kappa shape index (κ1) is 24.1. The van der Waals surface area contributed by atoms with E-state index in [1.165, 1.54) is 21.3 Å². The largest absolute Gasteiger partial charge is 0.493 e. The molecule has 0 radical (unpaired) electrons. The Kier molecular flexibility index (Phi) is 8.81. The summed E-state index contributed by atoms with van der Waals surface area (Å²) in [5.74, 6) is 1.13. The van der Waals surface area contributed by atoms with Crippen molar-refractivity contribution in [2.45, 2.75) is 13.8 Å². The number of ether oxygens (including phenoxy) is 3. The molecule has 0 aliphatic carbocycles. The molecule has 0 atom stereocenters. The highest BCUT2D eigenvalue weighted by atomic mass is 35.5. The number of methoxy groups -OCH3 is 3. The molecule has 3 N–H and O–H groups in total. The molecule has 9 heteroatoms. The summed E-state index contributed by atoms with van der Waals surface area (Å²) in [6, 6.07) is 8.21. The van der Waals surface area contributed by atoms with Crippen molar-refractivity contribution in [1.29, 1.82) is 0 Å². The fourth-order valence-corrected chi connectivity index (χ4v) is 3.01. The topological polar surface area (TPSA) is 97.9 Å². The highest BCUT2D eigenvalue weighted by Gasteiger charge is 2.15. The van der Waals surface area contributed by atoms with Crippen molar-refractivity contribution in [1.82, 2.24) is 5.32 Å². The summed E-state index contributed by atoms with van der Waals surface area (Å²) in [4.78, 5) is 24.6. The zero-order chi connectivity index (χ0) is 23.0. The first-order valence-electron chi connectivity index (χ1n) is 9.70. The second kappa shape index (κ2) is 11.3. The Balaban J connectivity index is 2.00. The van der Waals surface area contributed by atoms with Crippen LogP contribution in [0.5, 0.6) is 17.2 Å². The van der Waals surface area contributed by atoms with Gasteiger partial charge in [0.25, 0.3) is 5.91 Å². The lowest BCUT2D eigenvalue weighted by Gasteiger charge is -2.15. The summed E-state index contributed by atoms with van der Waals surface area (Å²) in [6.45, 7) is 4.58. The van der Waals surface area contributed by atoms with Crippen molar-refractivity contribution in [2.24, 2.45) is 5.92 Å². The smallest absolute Gasteiger partial charge is 0.252 e. The van der Waals surface area contributed by atoms with Gasteiger partial charge in [0.05, 0.1) is 38.5 Å². The predicted octanol–water partition coefficient (Wildman–Crippen LogP) is 3.80. The monoisotopic (exact) mass is 449 g/mol. The van der Waals surface area contributed by atoms with Crippen LogP contribution in [0.2, 0.25) is 5.02 Å². The van der Waals surface area contributed by atoms with E-state index < -0.39 is 0 Å². The molecule has 0 fully saturated rings. The van der Waals surface area contributed by atoms with E-state index in [-0.39, 0.29) is 18.4 Å². The van der Waals surface area contributed by atoms with Crippen molar-refractivity contribution in [3.05, 3.63) is 40.9 Å². The molecule has 0 saturated carbocycles. The van der Waals surface area contributed by atoms with Gasteiger partial charge in [-0.15, -0.1) is 0 Å². The molecule has 0 aliphatic rings. The minimum atomic E-state index is -0.288. The van der Waals surface area contributed by atoms with E-state index in [1.807, 2.05) is 13.8 Å². The summed E-state index contributed by atoms with van der Waals surface area (Å²) in [7, 11) is 4.51. The molecule has 8 nitrogen and oxygen atoms in total. The highest BCUT2D eigenvalue weighted by Crippen LogP contribution is 2.39. The first-order chi connectivity index (χ1) is 14.8. The molecular formula is C22H28ClN3O5. The molecule has 2 aromatic rings. The van der Waals surface area contributed by atoms with Gasteiger partial charge in [-0.3, -0.25) is 9.59 Å². The molecule has 2 rings (SSSR count). The van der Waals surface area contributed by atoms with Gasteiger partial charge in [-0.1, -0.05) is 25.4 Å². The number of rotatable bonds is 10. The predicted molar refractivity (Wildman–Crippen MR) is 122 cm³/mol. The molecule has 2 aromatic carbocycles. The maximum atomic E-state index is 12.4. The Hall–Kier alpha value is -3.13. The number of anilines is 2. The summed E-state index contributed by atoms with van der Waals surface area (Å²) in [6.07, 6.45) is 0. The van der Waals surface area contributed by atoms with Gasteiger partial charge in [-0.05, 0) is 24.1 Å². The minimum Gasteiger partial charge on any atom is -0.493 e. The summed E-state index contributed by atoms with van der Waals surface area (Å²) < 4.78 is 15.8. The zero-order valence-corrected chi connectivity index (χ0v) is 19.1. The van der Waals surface area contributed by atoms with Crippen LogP contribution in [0, 0.1) is 5.92 Å². The lowest BCUT2D eigenvalue weighted by Crippen LogP contribution is -2.27. The van der Waals surface area contributed by atoms with Crippen LogP contribution in [0.3, 0.4) is 0 Å². The van der Waals surface area contributed by atoms with Crippen LogP contribution in [0.25, 0.3) is 0 Å². The van der Waals surface area contributed by atoms with Crippen molar-refractivity contribution in [2.75, 3.05) is 45.1 Å². The lowest BCUT2D eigenvalue weighted by atomic mass is 10.1. The average Bonchev–Trinajstić information content (AvgIpc) is 2.75. The van der Waals surface area contributed by atoms with Crippen molar-refractivity contribution in [3.8, 4) is 17.2 Å². The molecule has 31 heavy (non-hydrogen) atoms. The van der Waals surface area contributed by atoms with Crippen LogP contribution < -0.4 is 30.2 Å². The number of amides is 2. The fraction of sp³-hybridized carbons (Fsp3) is 0.364. The van der Waals surface area contributed by atoms with Gasteiger partial charge in [0.1, 0.15) is 0 Å². The number of carbonyl (C=O) groups is 2. The van der Waals surface area contributed by atoms with Crippen LogP contribution in [0.4, 0.5) is 11.4 Å². The molecular weight excluding hydrogens is 422 g/mol. The van der Waals surface area contributed by atoms with E-state index >= 15 is 0 Å². The molecule has 0 unspecified atom stereocenters. The van der Waals surface area contributed by atoms with Crippen molar-refractivity contribution in [3.63, 3.8) is 0 Å². The number of nitrogens with one attached hydrogen (secondary N) is 3. The van der Waals surface area contributed by atoms with E-state index in [9.17, 15) is 9.59 Å². The molecule has 168 valence electrons. The SMILES string of the molecule is COc1cc(NC(=O)CNc2ccc(C(=O)NCC(C)C)c(Cl)c2)cc(OC)c1OC. The van der Waals surface area contributed by atoms with E-state index in [0.717, 1.165) is 0 Å².